The van der Waals surface area contributed by atoms with Crippen molar-refractivity contribution in [2.24, 2.45) is 5.10 Å². The Morgan fingerprint density at radius 2 is 1.68 bits per heavy atom. The van der Waals surface area contributed by atoms with E-state index in [0.29, 0.717) is 31.3 Å². The van der Waals surface area contributed by atoms with E-state index >= 15 is 0 Å². The molecule has 0 aliphatic rings. The summed E-state index contributed by atoms with van der Waals surface area (Å²) in [7, 11) is 0. The molecular formula is C23H23FN2O2. The number of ether oxygens (including phenoxy) is 2. The highest BCUT2D eigenvalue weighted by atomic mass is 19.1. The monoisotopic (exact) mass is 378 g/mol. The summed E-state index contributed by atoms with van der Waals surface area (Å²) in [6, 6.07) is 22.0. The summed E-state index contributed by atoms with van der Waals surface area (Å²) in [4.78, 5) is 0. The largest absolute Gasteiger partial charge is 0.490 e. The quantitative estimate of drug-likeness (QED) is 0.424. The molecule has 0 saturated carbocycles. The van der Waals surface area contributed by atoms with Gasteiger partial charge in [-0.25, -0.2) is 4.39 Å². The smallest absolute Gasteiger partial charge is 0.161 e. The van der Waals surface area contributed by atoms with Gasteiger partial charge in [0, 0.05) is 0 Å². The molecule has 0 unspecified atom stereocenters. The Kier molecular flexibility index (Phi) is 7.01. The van der Waals surface area contributed by atoms with Crippen molar-refractivity contribution in [1.82, 2.24) is 5.43 Å². The summed E-state index contributed by atoms with van der Waals surface area (Å²) in [6.45, 7) is 3.45. The lowest BCUT2D eigenvalue weighted by molar-refractivity contribution is 0.269. The van der Waals surface area contributed by atoms with E-state index in [1.807, 2.05) is 55.5 Å². The fraction of sp³-hybridized carbons (Fsp3) is 0.174. The number of rotatable bonds is 9. The minimum absolute atomic E-state index is 0.261. The third-order valence-electron chi connectivity index (χ3n) is 4.01. The normalized spacial score (nSPS) is 10.8. The first kappa shape index (κ1) is 19.4. The first-order chi connectivity index (χ1) is 13.7. The molecule has 0 fully saturated rings. The fourth-order valence-corrected chi connectivity index (χ4v) is 2.59. The predicted molar refractivity (Wildman–Crippen MR) is 109 cm³/mol. The van der Waals surface area contributed by atoms with Crippen LogP contribution in [0.1, 0.15) is 23.6 Å². The van der Waals surface area contributed by atoms with Crippen LogP contribution in [0.4, 0.5) is 4.39 Å². The number of nitrogens with zero attached hydrogens (tertiary/aromatic N) is 1. The van der Waals surface area contributed by atoms with Gasteiger partial charge in [-0.2, -0.15) is 5.10 Å². The molecule has 0 radical (unpaired) electrons. The SMILES string of the molecule is CCOc1cc(C=NNCc2ccccc2)ccc1OCc1ccc(F)cc1. The van der Waals surface area contributed by atoms with E-state index in [2.05, 4.69) is 10.5 Å². The van der Waals surface area contributed by atoms with Crippen molar-refractivity contribution >= 4 is 6.21 Å². The van der Waals surface area contributed by atoms with Crippen molar-refractivity contribution < 1.29 is 13.9 Å². The molecular weight excluding hydrogens is 355 g/mol. The summed E-state index contributed by atoms with van der Waals surface area (Å²) < 4.78 is 24.5. The van der Waals surface area contributed by atoms with E-state index in [1.54, 1.807) is 18.3 Å². The third-order valence-corrected chi connectivity index (χ3v) is 4.01. The highest BCUT2D eigenvalue weighted by molar-refractivity contribution is 5.80. The predicted octanol–water partition coefficient (Wildman–Crippen LogP) is 4.93. The maximum absolute atomic E-state index is 13.0. The van der Waals surface area contributed by atoms with Crippen LogP contribution in [-0.2, 0) is 13.2 Å². The van der Waals surface area contributed by atoms with Gasteiger partial charge in [0.1, 0.15) is 12.4 Å². The summed E-state index contributed by atoms with van der Waals surface area (Å²) in [6.07, 6.45) is 1.75. The maximum Gasteiger partial charge on any atom is 0.161 e. The molecule has 1 N–H and O–H groups in total. The van der Waals surface area contributed by atoms with Crippen LogP contribution >= 0.6 is 0 Å². The van der Waals surface area contributed by atoms with Crippen molar-refractivity contribution in [2.75, 3.05) is 6.61 Å². The van der Waals surface area contributed by atoms with Crippen molar-refractivity contribution in [3.05, 3.63) is 95.3 Å². The van der Waals surface area contributed by atoms with Gasteiger partial charge < -0.3 is 14.9 Å². The van der Waals surface area contributed by atoms with Gasteiger partial charge in [0.05, 0.1) is 19.4 Å². The standard InChI is InChI=1S/C23H23FN2O2/c1-2-27-23-14-20(16-26-25-15-18-6-4-3-5-7-18)10-13-22(23)28-17-19-8-11-21(24)12-9-19/h3-14,16,25H,2,15,17H2,1H3. The van der Waals surface area contributed by atoms with Crippen molar-refractivity contribution in [3.63, 3.8) is 0 Å². The van der Waals surface area contributed by atoms with E-state index in [0.717, 1.165) is 11.1 Å². The van der Waals surface area contributed by atoms with E-state index in [4.69, 9.17) is 9.47 Å². The first-order valence-electron chi connectivity index (χ1n) is 9.18. The topological polar surface area (TPSA) is 42.8 Å². The van der Waals surface area contributed by atoms with E-state index in [1.165, 1.54) is 17.7 Å². The Bertz CT molecular complexity index is 896. The van der Waals surface area contributed by atoms with Crippen molar-refractivity contribution in [3.8, 4) is 11.5 Å². The molecule has 0 atom stereocenters. The first-order valence-corrected chi connectivity index (χ1v) is 9.18. The second kappa shape index (κ2) is 10.1. The summed E-state index contributed by atoms with van der Waals surface area (Å²) >= 11 is 0. The van der Waals surface area contributed by atoms with Gasteiger partial charge in [0.15, 0.2) is 11.5 Å². The van der Waals surface area contributed by atoms with Gasteiger partial charge in [-0.15, -0.1) is 0 Å². The number of halogens is 1. The molecule has 0 aliphatic carbocycles. The Balaban J connectivity index is 1.61. The number of hydrogen-bond donors (Lipinski definition) is 1. The Morgan fingerprint density at radius 1 is 0.893 bits per heavy atom. The molecule has 144 valence electrons. The Labute approximate surface area is 164 Å². The van der Waals surface area contributed by atoms with Crippen LogP contribution in [0.5, 0.6) is 11.5 Å². The Hall–Kier alpha value is -3.34. The molecule has 0 bridgehead atoms. The third kappa shape index (κ3) is 5.84. The molecule has 0 spiro atoms. The molecule has 3 aromatic rings. The van der Waals surface area contributed by atoms with Crippen LogP contribution in [0.3, 0.4) is 0 Å². The van der Waals surface area contributed by atoms with Crippen LogP contribution in [0.2, 0.25) is 0 Å². The molecule has 0 heterocycles. The summed E-state index contributed by atoms with van der Waals surface area (Å²) in [5.41, 5.74) is 5.99. The zero-order chi connectivity index (χ0) is 19.6. The van der Waals surface area contributed by atoms with Crippen molar-refractivity contribution in [2.45, 2.75) is 20.1 Å². The highest BCUT2D eigenvalue weighted by Gasteiger charge is 2.06. The van der Waals surface area contributed by atoms with Gasteiger partial charge in [-0.1, -0.05) is 42.5 Å². The van der Waals surface area contributed by atoms with Gasteiger partial charge >= 0.3 is 0 Å². The lowest BCUT2D eigenvalue weighted by Crippen LogP contribution is -2.05. The number of nitrogens with one attached hydrogen (secondary N) is 1. The van der Waals surface area contributed by atoms with Gasteiger partial charge in [-0.05, 0) is 53.9 Å². The van der Waals surface area contributed by atoms with Crippen LogP contribution < -0.4 is 14.9 Å². The molecule has 0 aromatic heterocycles. The Morgan fingerprint density at radius 3 is 2.43 bits per heavy atom. The summed E-state index contributed by atoms with van der Waals surface area (Å²) in [5, 5.41) is 4.26. The van der Waals surface area contributed by atoms with Gasteiger partial charge in [-0.3, -0.25) is 0 Å². The molecule has 28 heavy (non-hydrogen) atoms. The summed E-state index contributed by atoms with van der Waals surface area (Å²) in [5.74, 6) is 1.03. The van der Waals surface area contributed by atoms with E-state index < -0.39 is 0 Å². The second-order valence-electron chi connectivity index (χ2n) is 6.13. The van der Waals surface area contributed by atoms with Crippen LogP contribution in [-0.4, -0.2) is 12.8 Å². The van der Waals surface area contributed by atoms with Crippen LogP contribution in [0.25, 0.3) is 0 Å². The zero-order valence-electron chi connectivity index (χ0n) is 15.8. The molecule has 5 heteroatoms. The van der Waals surface area contributed by atoms with Crippen LogP contribution in [0.15, 0.2) is 77.9 Å². The highest BCUT2D eigenvalue weighted by Crippen LogP contribution is 2.29. The molecule has 0 saturated heterocycles. The maximum atomic E-state index is 13.0. The minimum atomic E-state index is -0.261. The number of hydrazone groups is 1. The number of benzene rings is 3. The average molecular weight is 378 g/mol. The van der Waals surface area contributed by atoms with E-state index in [9.17, 15) is 4.39 Å². The second-order valence-corrected chi connectivity index (χ2v) is 6.13. The molecule has 3 aromatic carbocycles. The number of hydrogen-bond acceptors (Lipinski definition) is 4. The minimum Gasteiger partial charge on any atom is -0.490 e. The van der Waals surface area contributed by atoms with Gasteiger partial charge in [0.2, 0.25) is 0 Å². The van der Waals surface area contributed by atoms with E-state index in [-0.39, 0.29) is 5.82 Å². The molecule has 0 amide bonds. The van der Waals surface area contributed by atoms with Gasteiger partial charge in [0.25, 0.3) is 0 Å². The fourth-order valence-electron chi connectivity index (χ4n) is 2.59. The van der Waals surface area contributed by atoms with Crippen LogP contribution in [0, 0.1) is 5.82 Å². The lowest BCUT2D eigenvalue weighted by Gasteiger charge is -2.12. The lowest BCUT2D eigenvalue weighted by atomic mass is 10.2. The molecule has 4 nitrogen and oxygen atoms in total. The molecule has 3 rings (SSSR count). The van der Waals surface area contributed by atoms with Crippen molar-refractivity contribution in [1.29, 1.82) is 0 Å². The zero-order valence-corrected chi connectivity index (χ0v) is 15.8. The average Bonchev–Trinajstić information content (AvgIpc) is 2.73. The molecule has 0 aliphatic heterocycles.